The summed E-state index contributed by atoms with van der Waals surface area (Å²) in [5, 5.41) is 11.2. The Hall–Kier alpha value is -0.390. The first-order valence-corrected chi connectivity index (χ1v) is 5.58. The molecule has 72 valence electrons. The van der Waals surface area contributed by atoms with Gasteiger partial charge in [0.2, 0.25) is 0 Å². The van der Waals surface area contributed by atoms with Crippen LogP contribution < -0.4 is 5.32 Å². The molecule has 0 fully saturated rings. The van der Waals surface area contributed by atoms with Crippen molar-refractivity contribution in [3.8, 4) is 0 Å². The lowest BCUT2D eigenvalue weighted by atomic mass is 10.1. The highest BCUT2D eigenvalue weighted by Crippen LogP contribution is 2.21. The highest BCUT2D eigenvalue weighted by Gasteiger charge is 2.08. The number of rotatable bonds is 3. The molecule has 13 heavy (non-hydrogen) atoms. The summed E-state index contributed by atoms with van der Waals surface area (Å²) >= 11 is 2.31. The summed E-state index contributed by atoms with van der Waals surface area (Å²) in [7, 11) is 0. The molecule has 1 rings (SSSR count). The summed E-state index contributed by atoms with van der Waals surface area (Å²) in [6.07, 6.45) is 1.73. The van der Waals surface area contributed by atoms with Crippen LogP contribution in [0, 0.1) is 0 Å². The SMILES string of the molecule is CC(I)Nc1nnccc1C(C)C. The molecule has 4 heteroatoms. The second kappa shape index (κ2) is 4.74. The van der Waals surface area contributed by atoms with Crippen LogP contribution in [0.2, 0.25) is 0 Å². The van der Waals surface area contributed by atoms with Crippen molar-refractivity contribution in [1.82, 2.24) is 10.2 Å². The van der Waals surface area contributed by atoms with E-state index in [1.807, 2.05) is 6.07 Å². The molecule has 0 aliphatic rings. The molecular weight excluding hydrogens is 277 g/mol. The number of alkyl halides is 1. The van der Waals surface area contributed by atoms with Gasteiger partial charge in [-0.25, -0.2) is 0 Å². The zero-order valence-electron chi connectivity index (χ0n) is 8.08. The van der Waals surface area contributed by atoms with Crippen LogP contribution >= 0.6 is 22.6 Å². The van der Waals surface area contributed by atoms with Gasteiger partial charge in [0, 0.05) is 5.56 Å². The zero-order chi connectivity index (χ0) is 9.84. The van der Waals surface area contributed by atoms with Gasteiger partial charge in [0.25, 0.3) is 0 Å². The van der Waals surface area contributed by atoms with E-state index < -0.39 is 0 Å². The smallest absolute Gasteiger partial charge is 0.152 e. The van der Waals surface area contributed by atoms with Crippen molar-refractivity contribution in [2.45, 2.75) is 30.7 Å². The van der Waals surface area contributed by atoms with E-state index in [4.69, 9.17) is 0 Å². The van der Waals surface area contributed by atoms with E-state index in [0.717, 1.165) is 5.82 Å². The van der Waals surface area contributed by atoms with Gasteiger partial charge in [0.15, 0.2) is 5.82 Å². The maximum Gasteiger partial charge on any atom is 0.152 e. The van der Waals surface area contributed by atoms with Gasteiger partial charge < -0.3 is 5.32 Å². The fourth-order valence-electron chi connectivity index (χ4n) is 1.11. The lowest BCUT2D eigenvalue weighted by Crippen LogP contribution is -2.11. The van der Waals surface area contributed by atoms with Gasteiger partial charge >= 0.3 is 0 Å². The molecule has 0 aromatic carbocycles. The first kappa shape index (κ1) is 10.7. The molecule has 0 bridgehead atoms. The largest absolute Gasteiger partial charge is 0.357 e. The van der Waals surface area contributed by atoms with Crippen molar-refractivity contribution >= 4 is 28.4 Å². The molecule has 1 atom stereocenters. The Kier molecular flexibility index (Phi) is 3.90. The van der Waals surface area contributed by atoms with Crippen molar-refractivity contribution in [1.29, 1.82) is 0 Å². The molecule has 1 aromatic rings. The second-order valence-electron chi connectivity index (χ2n) is 3.25. The van der Waals surface area contributed by atoms with Gasteiger partial charge in [-0.05, 0) is 18.9 Å². The Morgan fingerprint density at radius 2 is 2.08 bits per heavy atom. The molecule has 1 aromatic heterocycles. The van der Waals surface area contributed by atoms with E-state index in [0.29, 0.717) is 9.97 Å². The molecule has 0 radical (unpaired) electrons. The van der Waals surface area contributed by atoms with E-state index in [1.54, 1.807) is 6.20 Å². The summed E-state index contributed by atoms with van der Waals surface area (Å²) in [6, 6.07) is 2.01. The van der Waals surface area contributed by atoms with E-state index in [9.17, 15) is 0 Å². The van der Waals surface area contributed by atoms with Crippen LogP contribution in [-0.4, -0.2) is 14.2 Å². The van der Waals surface area contributed by atoms with Crippen molar-refractivity contribution < 1.29 is 0 Å². The Balaban J connectivity index is 2.91. The zero-order valence-corrected chi connectivity index (χ0v) is 10.2. The summed E-state index contributed by atoms with van der Waals surface area (Å²) in [6.45, 7) is 6.39. The molecule has 0 aliphatic carbocycles. The van der Waals surface area contributed by atoms with E-state index in [1.165, 1.54) is 5.56 Å². The van der Waals surface area contributed by atoms with Gasteiger partial charge in [-0.3, -0.25) is 0 Å². The van der Waals surface area contributed by atoms with E-state index in [2.05, 4.69) is 58.9 Å². The van der Waals surface area contributed by atoms with Gasteiger partial charge in [0.05, 0.1) is 10.2 Å². The molecule has 0 aliphatic heterocycles. The standard InChI is InChI=1S/C9H14IN3/c1-6(2)8-4-5-11-13-9(8)12-7(3)10/h4-7H,1-3H3,(H,12,13). The predicted molar refractivity (Wildman–Crippen MR) is 63.2 cm³/mol. The van der Waals surface area contributed by atoms with Gasteiger partial charge in [-0.1, -0.05) is 36.4 Å². The minimum Gasteiger partial charge on any atom is -0.357 e. The number of nitrogens with one attached hydrogen (secondary N) is 1. The molecule has 0 saturated heterocycles. The number of aromatic nitrogens is 2. The maximum atomic E-state index is 4.07. The summed E-state index contributed by atoms with van der Waals surface area (Å²) in [4.78, 5) is 0. The lowest BCUT2D eigenvalue weighted by molar-refractivity contribution is 0.840. The molecule has 1 unspecified atom stereocenters. The van der Waals surface area contributed by atoms with Crippen molar-refractivity contribution in [3.63, 3.8) is 0 Å². The number of anilines is 1. The Bertz CT molecular complexity index is 273. The van der Waals surface area contributed by atoms with Gasteiger partial charge in [-0.2, -0.15) is 5.10 Å². The Morgan fingerprint density at radius 3 is 2.62 bits per heavy atom. The van der Waals surface area contributed by atoms with Crippen LogP contribution in [0.15, 0.2) is 12.3 Å². The highest BCUT2D eigenvalue weighted by molar-refractivity contribution is 14.1. The molecular formula is C9H14IN3. The summed E-state index contributed by atoms with van der Waals surface area (Å²) in [5.74, 6) is 1.38. The number of hydrogen-bond donors (Lipinski definition) is 1. The van der Waals surface area contributed by atoms with Crippen LogP contribution in [0.5, 0.6) is 0 Å². The molecule has 0 amide bonds. The minimum absolute atomic E-state index is 0.367. The summed E-state index contributed by atoms with van der Waals surface area (Å²) in [5.41, 5.74) is 1.22. The average molecular weight is 291 g/mol. The van der Waals surface area contributed by atoms with E-state index in [-0.39, 0.29) is 0 Å². The van der Waals surface area contributed by atoms with Crippen LogP contribution in [0.4, 0.5) is 5.82 Å². The molecule has 1 heterocycles. The quantitative estimate of drug-likeness (QED) is 0.528. The summed E-state index contributed by atoms with van der Waals surface area (Å²) < 4.78 is 0.367. The Labute approximate surface area is 92.5 Å². The Morgan fingerprint density at radius 1 is 1.38 bits per heavy atom. The monoisotopic (exact) mass is 291 g/mol. The van der Waals surface area contributed by atoms with Crippen LogP contribution in [0.1, 0.15) is 32.3 Å². The lowest BCUT2D eigenvalue weighted by Gasteiger charge is -2.13. The molecule has 0 spiro atoms. The third-order valence-corrected chi connectivity index (χ3v) is 2.02. The average Bonchev–Trinajstić information content (AvgIpc) is 2.03. The first-order valence-electron chi connectivity index (χ1n) is 4.33. The predicted octanol–water partition coefficient (Wildman–Crippen LogP) is 2.79. The third-order valence-electron chi connectivity index (χ3n) is 1.71. The first-order chi connectivity index (χ1) is 6.11. The second-order valence-corrected chi connectivity index (χ2v) is 5.12. The molecule has 0 saturated carbocycles. The van der Waals surface area contributed by atoms with E-state index >= 15 is 0 Å². The molecule has 1 N–H and O–H groups in total. The third kappa shape index (κ3) is 3.10. The fourth-order valence-corrected chi connectivity index (χ4v) is 1.40. The van der Waals surface area contributed by atoms with Crippen LogP contribution in [0.25, 0.3) is 0 Å². The van der Waals surface area contributed by atoms with Crippen molar-refractivity contribution in [2.75, 3.05) is 5.32 Å². The number of nitrogens with zero attached hydrogens (tertiary/aromatic N) is 2. The minimum atomic E-state index is 0.367. The topological polar surface area (TPSA) is 37.8 Å². The van der Waals surface area contributed by atoms with Crippen molar-refractivity contribution in [2.24, 2.45) is 0 Å². The van der Waals surface area contributed by atoms with Crippen LogP contribution in [0.3, 0.4) is 0 Å². The molecule has 3 nitrogen and oxygen atoms in total. The highest BCUT2D eigenvalue weighted by atomic mass is 127. The van der Waals surface area contributed by atoms with Crippen LogP contribution in [-0.2, 0) is 0 Å². The van der Waals surface area contributed by atoms with Gasteiger partial charge in [0.1, 0.15) is 0 Å². The maximum absolute atomic E-state index is 4.07. The fraction of sp³-hybridized carbons (Fsp3) is 0.556. The normalized spacial score (nSPS) is 13.0. The van der Waals surface area contributed by atoms with Gasteiger partial charge in [-0.15, -0.1) is 5.10 Å². The number of hydrogen-bond acceptors (Lipinski definition) is 3. The van der Waals surface area contributed by atoms with Crippen molar-refractivity contribution in [3.05, 3.63) is 17.8 Å². The number of halogens is 1.